The first-order chi connectivity index (χ1) is 9.40. The first-order valence-corrected chi connectivity index (χ1v) is 7.83. The lowest BCUT2D eigenvalue weighted by atomic mass is 10.2. The molecule has 0 bridgehead atoms. The van der Waals surface area contributed by atoms with Crippen LogP contribution >= 0.6 is 23.2 Å². The van der Waals surface area contributed by atoms with Gasteiger partial charge >= 0.3 is 0 Å². The molecule has 0 heterocycles. The molecule has 2 aromatic carbocycles. The molecule has 2 aromatic rings. The molecular weight excluding hydrogens is 321 g/mol. The molecule has 106 valence electrons. The highest BCUT2D eigenvalue weighted by Crippen LogP contribution is 2.24. The normalized spacial score (nSPS) is 11.3. The zero-order valence-corrected chi connectivity index (χ0v) is 12.5. The zero-order chi connectivity index (χ0) is 14.8. The van der Waals surface area contributed by atoms with Gasteiger partial charge in [-0.05, 0) is 35.9 Å². The topological polar surface area (TPSA) is 66.4 Å². The minimum absolute atomic E-state index is 0.0127. The summed E-state index contributed by atoms with van der Waals surface area (Å²) in [5.41, 5.74) is 1.08. The van der Waals surface area contributed by atoms with Gasteiger partial charge in [-0.1, -0.05) is 35.3 Å². The minimum Gasteiger partial charge on any atom is -0.392 e. The van der Waals surface area contributed by atoms with E-state index in [9.17, 15) is 8.42 Å². The van der Waals surface area contributed by atoms with Crippen molar-refractivity contribution in [2.45, 2.75) is 11.5 Å². The van der Waals surface area contributed by atoms with Gasteiger partial charge in [0.25, 0.3) is 10.0 Å². The minimum atomic E-state index is -3.76. The number of halogens is 2. The predicted molar refractivity (Wildman–Crippen MR) is 79.6 cm³/mol. The predicted octanol–water partition coefficient (Wildman–Crippen LogP) is 3.29. The number of benzene rings is 2. The van der Waals surface area contributed by atoms with Gasteiger partial charge in [0.1, 0.15) is 0 Å². The summed E-state index contributed by atoms with van der Waals surface area (Å²) >= 11 is 11.6. The van der Waals surface area contributed by atoms with Crippen LogP contribution in [-0.2, 0) is 16.6 Å². The van der Waals surface area contributed by atoms with Crippen molar-refractivity contribution in [2.75, 3.05) is 4.72 Å². The lowest BCUT2D eigenvalue weighted by Crippen LogP contribution is -2.13. The summed E-state index contributed by atoms with van der Waals surface area (Å²) in [6.07, 6.45) is 0. The fourth-order valence-corrected chi connectivity index (χ4v) is 3.36. The second-order valence-electron chi connectivity index (χ2n) is 4.07. The SMILES string of the molecule is O=S(=O)(Nc1ccc(CO)cc1)c1cc(Cl)cc(Cl)c1. The van der Waals surface area contributed by atoms with Crippen molar-refractivity contribution in [3.05, 3.63) is 58.1 Å². The fourth-order valence-electron chi connectivity index (χ4n) is 1.58. The molecule has 2 rings (SSSR count). The van der Waals surface area contributed by atoms with Crippen molar-refractivity contribution in [1.29, 1.82) is 0 Å². The molecule has 0 fully saturated rings. The first-order valence-electron chi connectivity index (χ1n) is 5.59. The van der Waals surface area contributed by atoms with Crippen LogP contribution in [0.1, 0.15) is 5.56 Å². The quantitative estimate of drug-likeness (QED) is 0.903. The highest BCUT2D eigenvalue weighted by molar-refractivity contribution is 7.92. The highest BCUT2D eigenvalue weighted by atomic mass is 35.5. The molecule has 0 aliphatic rings. The summed E-state index contributed by atoms with van der Waals surface area (Å²) in [6, 6.07) is 10.5. The molecule has 0 amide bonds. The monoisotopic (exact) mass is 331 g/mol. The largest absolute Gasteiger partial charge is 0.392 e. The van der Waals surface area contributed by atoms with Crippen molar-refractivity contribution in [2.24, 2.45) is 0 Å². The van der Waals surface area contributed by atoms with E-state index in [0.717, 1.165) is 0 Å². The highest BCUT2D eigenvalue weighted by Gasteiger charge is 2.15. The second-order valence-corrected chi connectivity index (χ2v) is 6.62. The number of aliphatic hydroxyl groups is 1. The molecule has 0 atom stereocenters. The molecule has 0 unspecified atom stereocenters. The van der Waals surface area contributed by atoms with E-state index in [1.165, 1.54) is 18.2 Å². The third-order valence-electron chi connectivity index (χ3n) is 2.54. The number of hydrogen-bond acceptors (Lipinski definition) is 3. The van der Waals surface area contributed by atoms with Gasteiger partial charge < -0.3 is 5.11 Å². The third kappa shape index (κ3) is 3.64. The van der Waals surface area contributed by atoms with Crippen LogP contribution in [0.15, 0.2) is 47.4 Å². The molecule has 0 radical (unpaired) electrons. The van der Waals surface area contributed by atoms with Crippen molar-refractivity contribution in [1.82, 2.24) is 0 Å². The third-order valence-corrected chi connectivity index (χ3v) is 4.33. The molecule has 0 saturated heterocycles. The van der Waals surface area contributed by atoms with Crippen LogP contribution in [-0.4, -0.2) is 13.5 Å². The van der Waals surface area contributed by atoms with Gasteiger partial charge in [-0.2, -0.15) is 0 Å². The van der Waals surface area contributed by atoms with Crippen LogP contribution in [0.4, 0.5) is 5.69 Å². The Balaban J connectivity index is 2.30. The summed E-state index contributed by atoms with van der Waals surface area (Å²) in [5.74, 6) is 0. The molecule has 20 heavy (non-hydrogen) atoms. The van der Waals surface area contributed by atoms with Crippen LogP contribution in [0.25, 0.3) is 0 Å². The van der Waals surface area contributed by atoms with Crippen LogP contribution in [0.2, 0.25) is 10.0 Å². The number of sulfonamides is 1. The van der Waals surface area contributed by atoms with Gasteiger partial charge in [0.05, 0.1) is 11.5 Å². The molecule has 0 aliphatic carbocycles. The van der Waals surface area contributed by atoms with Crippen molar-refractivity contribution in [3.63, 3.8) is 0 Å². The van der Waals surface area contributed by atoms with Gasteiger partial charge in [0.2, 0.25) is 0 Å². The standard InChI is InChI=1S/C13H11Cl2NO3S/c14-10-5-11(15)7-13(6-10)20(18,19)16-12-3-1-9(8-17)2-4-12/h1-7,16-17H,8H2. The maximum Gasteiger partial charge on any atom is 0.261 e. The maximum absolute atomic E-state index is 12.2. The van der Waals surface area contributed by atoms with Gasteiger partial charge in [-0.15, -0.1) is 0 Å². The van der Waals surface area contributed by atoms with Gasteiger partial charge in [0.15, 0.2) is 0 Å². The lowest BCUT2D eigenvalue weighted by molar-refractivity contribution is 0.282. The molecule has 0 aromatic heterocycles. The average Bonchev–Trinajstić information content (AvgIpc) is 2.38. The average molecular weight is 332 g/mol. The Morgan fingerprint density at radius 3 is 2.05 bits per heavy atom. The molecule has 2 N–H and O–H groups in total. The zero-order valence-electron chi connectivity index (χ0n) is 10.2. The molecule has 0 saturated carbocycles. The molecule has 7 heteroatoms. The fraction of sp³-hybridized carbons (Fsp3) is 0.0769. The van der Waals surface area contributed by atoms with E-state index < -0.39 is 10.0 Å². The van der Waals surface area contributed by atoms with E-state index in [4.69, 9.17) is 28.3 Å². The molecular formula is C13H11Cl2NO3S. The Morgan fingerprint density at radius 2 is 1.55 bits per heavy atom. The maximum atomic E-state index is 12.2. The van der Waals surface area contributed by atoms with E-state index in [1.54, 1.807) is 24.3 Å². The summed E-state index contributed by atoms with van der Waals surface area (Å²) < 4.78 is 26.8. The molecule has 4 nitrogen and oxygen atoms in total. The van der Waals surface area contributed by atoms with Crippen LogP contribution < -0.4 is 4.72 Å². The Labute approximate surface area is 127 Å². The smallest absolute Gasteiger partial charge is 0.261 e. The summed E-state index contributed by atoms with van der Waals surface area (Å²) in [5, 5.41) is 9.42. The summed E-state index contributed by atoms with van der Waals surface area (Å²) in [7, 11) is -3.76. The van der Waals surface area contributed by atoms with Crippen LogP contribution in [0.5, 0.6) is 0 Å². The Bertz CT molecular complexity index is 695. The van der Waals surface area contributed by atoms with Crippen LogP contribution in [0, 0.1) is 0 Å². The van der Waals surface area contributed by atoms with Gasteiger partial charge in [0, 0.05) is 15.7 Å². The first kappa shape index (κ1) is 15.1. The van der Waals surface area contributed by atoms with Gasteiger partial charge in [-0.25, -0.2) is 8.42 Å². The number of anilines is 1. The van der Waals surface area contributed by atoms with E-state index in [0.29, 0.717) is 11.3 Å². The van der Waals surface area contributed by atoms with E-state index >= 15 is 0 Å². The van der Waals surface area contributed by atoms with Crippen LogP contribution in [0.3, 0.4) is 0 Å². The molecule has 0 spiro atoms. The summed E-state index contributed by atoms with van der Waals surface area (Å²) in [4.78, 5) is -0.0127. The number of aliphatic hydroxyl groups excluding tert-OH is 1. The Morgan fingerprint density at radius 1 is 1.00 bits per heavy atom. The van der Waals surface area contributed by atoms with Crippen molar-refractivity contribution < 1.29 is 13.5 Å². The van der Waals surface area contributed by atoms with E-state index in [-0.39, 0.29) is 21.5 Å². The van der Waals surface area contributed by atoms with Crippen molar-refractivity contribution >= 4 is 38.9 Å². The second kappa shape index (κ2) is 6.01. The Hall–Kier alpha value is -1.27. The molecule has 0 aliphatic heterocycles. The Kier molecular flexibility index (Phi) is 4.55. The van der Waals surface area contributed by atoms with E-state index in [1.807, 2.05) is 0 Å². The van der Waals surface area contributed by atoms with Gasteiger partial charge in [-0.3, -0.25) is 4.72 Å². The summed E-state index contributed by atoms with van der Waals surface area (Å²) in [6.45, 7) is -0.100. The number of rotatable bonds is 4. The van der Waals surface area contributed by atoms with Crippen molar-refractivity contribution in [3.8, 4) is 0 Å². The lowest BCUT2D eigenvalue weighted by Gasteiger charge is -2.09. The van der Waals surface area contributed by atoms with E-state index in [2.05, 4.69) is 4.72 Å². The number of nitrogens with one attached hydrogen (secondary N) is 1. The number of hydrogen-bond donors (Lipinski definition) is 2.